The predicted molar refractivity (Wildman–Crippen MR) is 108 cm³/mol. The number of rotatable bonds is 9. The van der Waals surface area contributed by atoms with Crippen LogP contribution in [0.5, 0.6) is 0 Å². The van der Waals surface area contributed by atoms with Crippen molar-refractivity contribution in [3.05, 3.63) is 21.5 Å². The summed E-state index contributed by atoms with van der Waals surface area (Å²) in [5, 5.41) is 0. The van der Waals surface area contributed by atoms with Crippen LogP contribution in [0.4, 0.5) is 0 Å². The Morgan fingerprint density at radius 2 is 0.808 bits per heavy atom. The van der Waals surface area contributed by atoms with E-state index in [1.165, 1.54) is 14.2 Å². The molecule has 0 fully saturated rings. The Kier molecular flexibility index (Phi) is 10.4. The molecule has 8 nitrogen and oxygen atoms in total. The maximum Gasteiger partial charge on any atom is 0.348 e. The molecule has 10 heteroatoms. The summed E-state index contributed by atoms with van der Waals surface area (Å²) in [6.45, 7) is 0. The van der Waals surface area contributed by atoms with Crippen LogP contribution >= 0.6 is 21.6 Å². The Bertz CT molecular complexity index is 503. The van der Waals surface area contributed by atoms with Crippen molar-refractivity contribution in [2.75, 3.05) is 70.6 Å². The van der Waals surface area contributed by atoms with Crippen molar-refractivity contribution in [2.24, 2.45) is 0 Å². The van der Waals surface area contributed by atoms with Crippen molar-refractivity contribution >= 4 is 33.5 Å². The van der Waals surface area contributed by atoms with Gasteiger partial charge in [0.25, 0.3) is 0 Å². The molecule has 0 aromatic heterocycles. The van der Waals surface area contributed by atoms with Crippen LogP contribution < -0.4 is 0 Å². The summed E-state index contributed by atoms with van der Waals surface area (Å²) in [7, 11) is 19.7. The third-order valence-electron chi connectivity index (χ3n) is 3.05. The summed E-state index contributed by atoms with van der Waals surface area (Å²) < 4.78 is 9.86. The van der Waals surface area contributed by atoms with E-state index >= 15 is 0 Å². The number of esters is 2. The van der Waals surface area contributed by atoms with Gasteiger partial charge in [-0.25, -0.2) is 9.59 Å². The molecule has 0 aliphatic heterocycles. The van der Waals surface area contributed by atoms with Gasteiger partial charge in [0, 0.05) is 56.4 Å². The summed E-state index contributed by atoms with van der Waals surface area (Å²) in [6, 6.07) is 0. The molecule has 0 N–H and O–H groups in total. The second-order valence-electron chi connectivity index (χ2n) is 6.03. The number of hydrogen-bond donors (Lipinski definition) is 0. The molecule has 26 heavy (non-hydrogen) atoms. The molecule has 150 valence electrons. The summed E-state index contributed by atoms with van der Waals surface area (Å²) in [5.41, 5.74) is 0. The van der Waals surface area contributed by atoms with Crippen LogP contribution in [-0.4, -0.2) is 102 Å². The van der Waals surface area contributed by atoms with Crippen LogP contribution in [-0.2, 0) is 19.1 Å². The molecule has 0 saturated carbocycles. The normalized spacial score (nSPS) is 9.77. The molecule has 0 aromatic rings. The third kappa shape index (κ3) is 6.56. The van der Waals surface area contributed by atoms with Gasteiger partial charge in [-0.3, -0.25) is 0 Å². The maximum atomic E-state index is 12.3. The molecule has 0 aliphatic carbocycles. The summed E-state index contributed by atoms with van der Waals surface area (Å²) >= 11 is 0. The van der Waals surface area contributed by atoms with Gasteiger partial charge in [0.2, 0.25) is 0 Å². The zero-order chi connectivity index (χ0) is 20.6. The highest BCUT2D eigenvalue weighted by atomic mass is 33.1. The van der Waals surface area contributed by atoms with Crippen LogP contribution in [0.2, 0.25) is 0 Å². The van der Waals surface area contributed by atoms with Gasteiger partial charge in [0.1, 0.15) is 21.5 Å². The number of carbonyl (C=O) groups excluding carboxylic acids is 2. The van der Waals surface area contributed by atoms with Crippen LogP contribution in [0.1, 0.15) is 0 Å². The number of ether oxygens (including phenoxy) is 2. The Balaban J connectivity index is 6.13. The minimum Gasteiger partial charge on any atom is -0.465 e. The topological polar surface area (TPSA) is 65.6 Å². The molecular formula is C16H30N4O4S2. The molecular weight excluding hydrogens is 376 g/mol. The fraction of sp³-hybridized carbons (Fsp3) is 0.625. The number of nitrogens with zero attached hydrogens (tertiary/aromatic N) is 4. The molecule has 0 rings (SSSR count). The first-order chi connectivity index (χ1) is 12.0. The standard InChI is InChI=1S/C16H30N4O4S2/c1-17(2)13(18(3)4)11(15(21)23-9)25-26-12(16(22)24-10)14(19(5)6)20(7)8/h1-10H3. The second-order valence-corrected chi connectivity index (χ2v) is 8.18. The van der Waals surface area contributed by atoms with E-state index in [0.717, 1.165) is 21.6 Å². The molecule has 0 saturated heterocycles. The van der Waals surface area contributed by atoms with Crippen LogP contribution in [0.15, 0.2) is 21.5 Å². The molecule has 0 amide bonds. The van der Waals surface area contributed by atoms with Gasteiger partial charge >= 0.3 is 11.9 Å². The van der Waals surface area contributed by atoms with Crippen molar-refractivity contribution in [3.8, 4) is 0 Å². The van der Waals surface area contributed by atoms with E-state index in [1.54, 1.807) is 0 Å². The first-order valence-corrected chi connectivity index (χ1v) is 9.83. The van der Waals surface area contributed by atoms with Crippen LogP contribution in [0.25, 0.3) is 0 Å². The minimum absolute atomic E-state index is 0.380. The summed E-state index contributed by atoms with van der Waals surface area (Å²) in [4.78, 5) is 32.7. The van der Waals surface area contributed by atoms with E-state index in [4.69, 9.17) is 9.47 Å². The van der Waals surface area contributed by atoms with Gasteiger partial charge in [-0.2, -0.15) is 0 Å². The van der Waals surface area contributed by atoms with Gasteiger partial charge in [0.05, 0.1) is 14.2 Å². The Morgan fingerprint density at radius 1 is 0.577 bits per heavy atom. The van der Waals surface area contributed by atoms with Gasteiger partial charge in [-0.1, -0.05) is 0 Å². The lowest BCUT2D eigenvalue weighted by molar-refractivity contribution is -0.136. The third-order valence-corrected chi connectivity index (χ3v) is 5.42. The first-order valence-electron chi connectivity index (χ1n) is 7.68. The zero-order valence-electron chi connectivity index (χ0n) is 17.2. The average Bonchev–Trinajstić information content (AvgIpc) is 2.53. The van der Waals surface area contributed by atoms with Gasteiger partial charge in [-0.05, 0) is 21.6 Å². The van der Waals surface area contributed by atoms with Crippen molar-refractivity contribution in [1.29, 1.82) is 0 Å². The number of hydrogen-bond acceptors (Lipinski definition) is 10. The van der Waals surface area contributed by atoms with Gasteiger partial charge in [0.15, 0.2) is 0 Å². The van der Waals surface area contributed by atoms with E-state index in [2.05, 4.69) is 0 Å². The molecule has 0 heterocycles. The van der Waals surface area contributed by atoms with Crippen molar-refractivity contribution < 1.29 is 19.1 Å². The molecule has 0 atom stereocenters. The van der Waals surface area contributed by atoms with E-state index < -0.39 is 11.9 Å². The lowest BCUT2D eigenvalue weighted by Gasteiger charge is -2.28. The maximum absolute atomic E-state index is 12.3. The number of methoxy groups -OCH3 is 2. The highest BCUT2D eigenvalue weighted by molar-refractivity contribution is 8.80. The van der Waals surface area contributed by atoms with Crippen molar-refractivity contribution in [3.63, 3.8) is 0 Å². The first kappa shape index (κ1) is 24.3. The average molecular weight is 407 g/mol. The fourth-order valence-corrected chi connectivity index (χ4v) is 4.91. The number of carbonyl (C=O) groups is 2. The summed E-state index contributed by atoms with van der Waals surface area (Å²) in [5.74, 6) is 0.408. The monoisotopic (exact) mass is 406 g/mol. The lowest BCUT2D eigenvalue weighted by Crippen LogP contribution is -2.29. The molecule has 0 radical (unpaired) electrons. The molecule has 0 bridgehead atoms. The van der Waals surface area contributed by atoms with Gasteiger partial charge < -0.3 is 29.1 Å². The second kappa shape index (κ2) is 11.1. The highest BCUT2D eigenvalue weighted by Gasteiger charge is 2.26. The Morgan fingerprint density at radius 3 is 0.962 bits per heavy atom. The molecule has 0 spiro atoms. The molecule has 0 unspecified atom stereocenters. The van der Waals surface area contributed by atoms with Crippen LogP contribution in [0, 0.1) is 0 Å². The Labute approximate surface area is 164 Å². The largest absolute Gasteiger partial charge is 0.465 e. The highest BCUT2D eigenvalue weighted by Crippen LogP contribution is 2.41. The van der Waals surface area contributed by atoms with E-state index in [0.29, 0.717) is 21.5 Å². The van der Waals surface area contributed by atoms with Crippen molar-refractivity contribution in [2.45, 2.75) is 0 Å². The quantitative estimate of drug-likeness (QED) is 0.318. The van der Waals surface area contributed by atoms with Crippen molar-refractivity contribution in [1.82, 2.24) is 19.6 Å². The predicted octanol–water partition coefficient (Wildman–Crippen LogP) is 1.30. The van der Waals surface area contributed by atoms with Gasteiger partial charge in [-0.15, -0.1) is 0 Å². The fourth-order valence-electron chi connectivity index (χ4n) is 2.21. The van der Waals surface area contributed by atoms with Crippen LogP contribution in [0.3, 0.4) is 0 Å². The lowest BCUT2D eigenvalue weighted by atomic mass is 10.4. The minimum atomic E-state index is -0.472. The van der Waals surface area contributed by atoms with E-state index in [1.807, 2.05) is 76.0 Å². The smallest absolute Gasteiger partial charge is 0.348 e. The SMILES string of the molecule is COC(=O)C(SSC(C(=O)OC)=C(N(C)C)N(C)C)=C(N(C)C)N(C)C. The molecule has 0 aromatic carbocycles. The van der Waals surface area contributed by atoms with E-state index in [-0.39, 0.29) is 0 Å². The van der Waals surface area contributed by atoms with E-state index in [9.17, 15) is 9.59 Å². The Hall–Kier alpha value is -1.68. The zero-order valence-corrected chi connectivity index (χ0v) is 18.9. The molecule has 0 aliphatic rings. The summed E-state index contributed by atoms with van der Waals surface area (Å²) in [6.07, 6.45) is 0.